The number of nitrogens with zero attached hydrogens (tertiary/aromatic N) is 3. The topological polar surface area (TPSA) is 105 Å². The fraction of sp³-hybridized carbons (Fsp3) is 0.333. The second-order valence-corrected chi connectivity index (χ2v) is 9.22. The minimum atomic E-state index is -0.456. The van der Waals surface area contributed by atoms with Crippen molar-refractivity contribution in [2.24, 2.45) is 5.41 Å². The summed E-state index contributed by atoms with van der Waals surface area (Å²) in [5.41, 5.74) is 3.09. The lowest BCUT2D eigenvalue weighted by Gasteiger charge is -2.38. The summed E-state index contributed by atoms with van der Waals surface area (Å²) in [6.45, 7) is 1.66. The van der Waals surface area contributed by atoms with Crippen LogP contribution in [0.1, 0.15) is 40.0 Å². The van der Waals surface area contributed by atoms with Gasteiger partial charge in [0.05, 0.1) is 31.4 Å². The lowest BCUT2D eigenvalue weighted by molar-refractivity contribution is -0.127. The largest absolute Gasteiger partial charge is 0.496 e. The van der Waals surface area contributed by atoms with Crippen LogP contribution in [0, 0.1) is 5.41 Å². The van der Waals surface area contributed by atoms with Gasteiger partial charge in [0.2, 0.25) is 5.91 Å². The molecule has 1 N–H and O–H groups in total. The lowest BCUT2D eigenvalue weighted by Crippen LogP contribution is -2.46. The predicted octanol–water partition coefficient (Wildman–Crippen LogP) is 3.53. The van der Waals surface area contributed by atoms with E-state index in [-0.39, 0.29) is 11.8 Å². The highest BCUT2D eigenvalue weighted by Gasteiger charge is 2.49. The van der Waals surface area contributed by atoms with Gasteiger partial charge in [0.25, 0.3) is 5.91 Å². The smallest absolute Gasteiger partial charge is 0.337 e. The van der Waals surface area contributed by atoms with Crippen LogP contribution in [0.4, 0.5) is 5.69 Å². The molecular weight excluding hydrogens is 460 g/mol. The highest BCUT2D eigenvalue weighted by molar-refractivity contribution is 6.01. The summed E-state index contributed by atoms with van der Waals surface area (Å²) < 4.78 is 10.3. The zero-order valence-electron chi connectivity index (χ0n) is 20.3. The van der Waals surface area contributed by atoms with Crippen LogP contribution >= 0.6 is 0 Å². The van der Waals surface area contributed by atoms with Gasteiger partial charge < -0.3 is 19.3 Å². The van der Waals surface area contributed by atoms with Gasteiger partial charge in [-0.3, -0.25) is 14.7 Å². The Labute approximate surface area is 209 Å². The molecule has 5 rings (SSSR count). The van der Waals surface area contributed by atoms with Gasteiger partial charge in [0.1, 0.15) is 5.75 Å². The van der Waals surface area contributed by atoms with Crippen LogP contribution < -0.4 is 9.64 Å². The first-order valence-corrected chi connectivity index (χ1v) is 11.9. The van der Waals surface area contributed by atoms with Gasteiger partial charge in [-0.1, -0.05) is 0 Å². The van der Waals surface area contributed by atoms with E-state index in [2.05, 4.69) is 10.2 Å². The molecule has 2 amide bonds. The average Bonchev–Trinajstić information content (AvgIpc) is 3.57. The second-order valence-electron chi connectivity index (χ2n) is 9.22. The lowest BCUT2D eigenvalue weighted by atomic mass is 9.77. The normalized spacial score (nSPS) is 16.9. The number of ether oxygens (including phenoxy) is 2. The molecule has 0 bridgehead atoms. The number of esters is 1. The van der Waals surface area contributed by atoms with Crippen LogP contribution in [0.2, 0.25) is 0 Å². The van der Waals surface area contributed by atoms with E-state index in [1.807, 2.05) is 23.1 Å². The number of carbonyl (C=O) groups excluding carboxylic acids is 3. The molecule has 1 aromatic heterocycles. The van der Waals surface area contributed by atoms with Crippen LogP contribution in [0.3, 0.4) is 0 Å². The minimum Gasteiger partial charge on any atom is -0.496 e. The number of benzene rings is 2. The van der Waals surface area contributed by atoms with Crippen molar-refractivity contribution in [1.29, 1.82) is 0 Å². The Morgan fingerprint density at radius 3 is 2.31 bits per heavy atom. The van der Waals surface area contributed by atoms with Crippen LogP contribution in [0.25, 0.3) is 11.1 Å². The molecule has 3 aromatic rings. The Morgan fingerprint density at radius 2 is 1.67 bits per heavy atom. The first kappa shape index (κ1) is 23.6. The Bertz CT molecular complexity index is 1280. The first-order chi connectivity index (χ1) is 17.5. The van der Waals surface area contributed by atoms with Crippen molar-refractivity contribution in [2.75, 3.05) is 38.8 Å². The van der Waals surface area contributed by atoms with Crippen molar-refractivity contribution in [3.05, 3.63) is 66.0 Å². The number of nitrogens with one attached hydrogen (secondary N) is 1. The van der Waals surface area contributed by atoms with E-state index in [0.717, 1.165) is 23.2 Å². The maximum atomic E-state index is 13.6. The quantitative estimate of drug-likeness (QED) is 0.551. The van der Waals surface area contributed by atoms with Crippen LogP contribution in [0.5, 0.6) is 5.75 Å². The molecule has 2 saturated heterocycles. The van der Waals surface area contributed by atoms with Crippen molar-refractivity contribution in [3.63, 3.8) is 0 Å². The van der Waals surface area contributed by atoms with Crippen molar-refractivity contribution >= 4 is 23.5 Å². The molecule has 3 heterocycles. The van der Waals surface area contributed by atoms with Gasteiger partial charge in [-0.2, -0.15) is 5.10 Å². The number of aromatic amines is 1. The fourth-order valence-electron chi connectivity index (χ4n) is 5.20. The summed E-state index contributed by atoms with van der Waals surface area (Å²) in [5, 5.41) is 6.81. The number of hydrogen-bond acceptors (Lipinski definition) is 6. The molecule has 0 aliphatic carbocycles. The second kappa shape index (κ2) is 9.49. The first-order valence-electron chi connectivity index (χ1n) is 11.9. The zero-order valence-corrected chi connectivity index (χ0v) is 20.3. The number of likely N-dealkylation sites (tertiary alicyclic amines) is 1. The number of H-pyrrole nitrogens is 1. The molecule has 0 saturated carbocycles. The van der Waals surface area contributed by atoms with Crippen LogP contribution in [-0.2, 0) is 9.53 Å². The zero-order chi connectivity index (χ0) is 25.3. The highest BCUT2D eigenvalue weighted by atomic mass is 16.5. The summed E-state index contributed by atoms with van der Waals surface area (Å²) >= 11 is 0. The van der Waals surface area contributed by atoms with Crippen molar-refractivity contribution in [1.82, 2.24) is 15.1 Å². The summed E-state index contributed by atoms with van der Waals surface area (Å²) in [4.78, 5) is 41.9. The summed E-state index contributed by atoms with van der Waals surface area (Å²) in [6.07, 6.45) is 5.54. The van der Waals surface area contributed by atoms with Crippen LogP contribution in [0.15, 0.2) is 54.9 Å². The average molecular weight is 489 g/mol. The van der Waals surface area contributed by atoms with E-state index in [0.29, 0.717) is 49.4 Å². The third kappa shape index (κ3) is 4.10. The number of hydrogen-bond donors (Lipinski definition) is 1. The van der Waals surface area contributed by atoms with Gasteiger partial charge in [0, 0.05) is 54.3 Å². The number of rotatable bonds is 5. The molecule has 0 atom stereocenters. The molecule has 186 valence electrons. The summed E-state index contributed by atoms with van der Waals surface area (Å²) in [5.74, 6) is 0.256. The summed E-state index contributed by atoms with van der Waals surface area (Å²) in [6, 6.07) is 12.3. The third-order valence-corrected chi connectivity index (χ3v) is 7.38. The standard InChI is InChI=1S/C27H28N4O5/c1-35-23-15-21(7-8-22(23)20-16-28-29-17-20)31-14-11-27(26(31)34)9-12-30(13-10-27)24(32)18-3-5-19(6-4-18)25(33)36-2/h3-8,15-17H,9-14H2,1-2H3,(H,28,29). The molecule has 0 unspecified atom stereocenters. The van der Waals surface area contributed by atoms with Crippen LogP contribution in [-0.4, -0.2) is 66.7 Å². The number of anilines is 1. The Kier molecular flexibility index (Phi) is 6.22. The number of carbonyl (C=O) groups is 3. The monoisotopic (exact) mass is 488 g/mol. The van der Waals surface area contributed by atoms with E-state index in [1.54, 1.807) is 48.7 Å². The third-order valence-electron chi connectivity index (χ3n) is 7.38. The van der Waals surface area contributed by atoms with Gasteiger partial charge >= 0.3 is 5.97 Å². The molecule has 9 nitrogen and oxygen atoms in total. The molecular formula is C27H28N4O5. The van der Waals surface area contributed by atoms with Gasteiger partial charge in [0.15, 0.2) is 0 Å². The molecule has 2 aromatic carbocycles. The maximum Gasteiger partial charge on any atom is 0.337 e. The molecule has 2 fully saturated rings. The molecule has 36 heavy (non-hydrogen) atoms. The Balaban J connectivity index is 1.26. The molecule has 0 radical (unpaired) electrons. The van der Waals surface area contributed by atoms with Gasteiger partial charge in [-0.05, 0) is 55.7 Å². The van der Waals surface area contributed by atoms with Crippen molar-refractivity contribution in [3.8, 4) is 16.9 Å². The Hall–Kier alpha value is -4.14. The molecule has 1 spiro atoms. The number of amides is 2. The minimum absolute atomic E-state index is 0.0943. The number of aromatic nitrogens is 2. The molecule has 9 heteroatoms. The summed E-state index contributed by atoms with van der Waals surface area (Å²) in [7, 11) is 2.94. The van der Waals surface area contributed by atoms with Crippen molar-refractivity contribution < 1.29 is 23.9 Å². The predicted molar refractivity (Wildman–Crippen MR) is 133 cm³/mol. The molecule has 2 aliphatic heterocycles. The highest BCUT2D eigenvalue weighted by Crippen LogP contribution is 2.44. The fourth-order valence-corrected chi connectivity index (χ4v) is 5.20. The van der Waals surface area contributed by atoms with E-state index in [4.69, 9.17) is 9.47 Å². The van der Waals surface area contributed by atoms with E-state index >= 15 is 0 Å². The van der Waals surface area contributed by atoms with Crippen molar-refractivity contribution in [2.45, 2.75) is 19.3 Å². The maximum absolute atomic E-state index is 13.6. The Morgan fingerprint density at radius 1 is 0.972 bits per heavy atom. The van der Waals surface area contributed by atoms with E-state index in [9.17, 15) is 14.4 Å². The number of piperidine rings is 1. The van der Waals surface area contributed by atoms with Gasteiger partial charge in [-0.15, -0.1) is 0 Å². The van der Waals surface area contributed by atoms with Gasteiger partial charge in [-0.25, -0.2) is 4.79 Å². The van der Waals surface area contributed by atoms with E-state index < -0.39 is 11.4 Å². The SMILES string of the molecule is COC(=O)c1ccc(C(=O)N2CCC3(CC2)CCN(c2ccc(-c4cn[nH]c4)c(OC)c2)C3=O)cc1. The number of methoxy groups -OCH3 is 2. The molecule has 2 aliphatic rings. The van der Waals surface area contributed by atoms with E-state index in [1.165, 1.54) is 7.11 Å².